The fraction of sp³-hybridized carbons (Fsp3) is 0.773. The van der Waals surface area contributed by atoms with Crippen LogP contribution in [0.15, 0.2) is 17.0 Å². The van der Waals surface area contributed by atoms with Gasteiger partial charge in [0.25, 0.3) is 5.91 Å². The van der Waals surface area contributed by atoms with Gasteiger partial charge in [-0.25, -0.2) is 14.6 Å². The van der Waals surface area contributed by atoms with Crippen molar-refractivity contribution in [1.29, 1.82) is 0 Å². The SMILES string of the molecule is NCCCCNCCCNC(=O)c1csc(-c2csc(CCNC(=O)CCc3cn(CC4OC(OC5C(O)C(N)CC(N)C5OC5OC(CN)C(O)C(O)C5N)C(O)C4OC4OC(CN)C(O)C(O)C4N)nn3)n2)n1. The summed E-state index contributed by atoms with van der Waals surface area (Å²) in [6.45, 7) is 2.69. The van der Waals surface area contributed by atoms with E-state index in [0.717, 1.165) is 37.4 Å². The lowest BCUT2D eigenvalue weighted by molar-refractivity contribution is -0.306. The van der Waals surface area contributed by atoms with Gasteiger partial charge in [-0.1, -0.05) is 5.21 Å². The number of unbranched alkanes of at least 4 members (excludes halogenated alkanes) is 1. The Hall–Kier alpha value is -3.46. The van der Waals surface area contributed by atoms with Crippen LogP contribution in [0, 0.1) is 0 Å². The zero-order chi connectivity index (χ0) is 53.9. The van der Waals surface area contributed by atoms with Crippen LogP contribution >= 0.6 is 22.7 Å². The Bertz CT molecular complexity index is 2230. The summed E-state index contributed by atoms with van der Waals surface area (Å²) in [5.41, 5.74) is 43.7. The minimum absolute atomic E-state index is 0.0501. The van der Waals surface area contributed by atoms with Crippen LogP contribution in [0.25, 0.3) is 10.7 Å². The number of nitrogens with one attached hydrogen (secondary N) is 3. The first-order valence-electron chi connectivity index (χ1n) is 25.2. The summed E-state index contributed by atoms with van der Waals surface area (Å²) in [5, 5.41) is 88.1. The molecule has 0 radical (unpaired) electrons. The van der Waals surface area contributed by atoms with Crippen molar-refractivity contribution in [2.45, 2.75) is 168 Å². The molecular weight excluding hydrogens is 1030 g/mol. The number of aliphatic hydroxyl groups excluding tert-OH is 6. The molecule has 6 heterocycles. The summed E-state index contributed by atoms with van der Waals surface area (Å²) in [4.78, 5) is 34.7. The molecular formula is C44H75N15O14S2. The molecule has 422 valence electrons. The maximum Gasteiger partial charge on any atom is 0.270 e. The van der Waals surface area contributed by atoms with Gasteiger partial charge in [-0.2, -0.15) is 0 Å². The van der Waals surface area contributed by atoms with Gasteiger partial charge >= 0.3 is 0 Å². The largest absolute Gasteiger partial charge is 0.389 e. The van der Waals surface area contributed by atoms with Gasteiger partial charge < -0.3 is 115 Å². The zero-order valence-corrected chi connectivity index (χ0v) is 43.0. The van der Waals surface area contributed by atoms with Crippen molar-refractivity contribution in [1.82, 2.24) is 40.9 Å². The molecule has 19 unspecified atom stereocenters. The van der Waals surface area contributed by atoms with Gasteiger partial charge in [-0.15, -0.1) is 27.8 Å². The third kappa shape index (κ3) is 15.0. The third-order valence-electron chi connectivity index (χ3n) is 13.5. The number of hydrogen-bond donors (Lipinski definition) is 16. The molecule has 1 saturated carbocycles. The van der Waals surface area contributed by atoms with Crippen LogP contribution in [-0.2, 0) is 52.6 Å². The predicted octanol–water partition coefficient (Wildman–Crippen LogP) is -7.28. The van der Waals surface area contributed by atoms with Crippen LogP contribution in [-0.4, -0.2) is 230 Å². The average molecular weight is 1100 g/mol. The second-order valence-electron chi connectivity index (χ2n) is 19.1. The Morgan fingerprint density at radius 3 is 2.01 bits per heavy atom. The maximum atomic E-state index is 12.9. The molecule has 75 heavy (non-hydrogen) atoms. The molecule has 4 fully saturated rings. The molecule has 1 aliphatic carbocycles. The van der Waals surface area contributed by atoms with Crippen molar-refractivity contribution in [3.63, 3.8) is 0 Å². The Kier molecular flexibility index (Phi) is 22.0. The smallest absolute Gasteiger partial charge is 0.270 e. The van der Waals surface area contributed by atoms with Crippen molar-refractivity contribution in [2.75, 3.05) is 45.8 Å². The number of aryl methyl sites for hydroxylation is 1. The van der Waals surface area contributed by atoms with E-state index in [4.69, 9.17) is 68.6 Å². The molecule has 3 aromatic rings. The Morgan fingerprint density at radius 1 is 0.680 bits per heavy atom. The summed E-state index contributed by atoms with van der Waals surface area (Å²) < 4.78 is 37.9. The highest BCUT2D eigenvalue weighted by Gasteiger charge is 2.54. The number of rotatable bonds is 26. The number of amides is 2. The van der Waals surface area contributed by atoms with E-state index in [1.165, 1.54) is 27.4 Å². The molecule has 4 aliphatic rings. The second-order valence-corrected chi connectivity index (χ2v) is 20.9. The lowest BCUT2D eigenvalue weighted by Crippen LogP contribution is -2.68. The van der Waals surface area contributed by atoms with Gasteiger partial charge in [0.1, 0.15) is 83.5 Å². The van der Waals surface area contributed by atoms with Crippen LogP contribution in [0.2, 0.25) is 0 Å². The van der Waals surface area contributed by atoms with E-state index in [1.54, 1.807) is 11.6 Å². The molecule has 3 aliphatic heterocycles. The van der Waals surface area contributed by atoms with E-state index in [-0.39, 0.29) is 50.7 Å². The summed E-state index contributed by atoms with van der Waals surface area (Å²) >= 11 is 2.76. The first-order valence-corrected chi connectivity index (χ1v) is 27.0. The highest BCUT2D eigenvalue weighted by atomic mass is 32.1. The topological polar surface area (TPSA) is 486 Å². The van der Waals surface area contributed by atoms with E-state index >= 15 is 0 Å². The van der Waals surface area contributed by atoms with Crippen LogP contribution in [0.3, 0.4) is 0 Å². The van der Waals surface area contributed by atoms with E-state index < -0.39 is 116 Å². The molecule has 31 heteroatoms. The Balaban J connectivity index is 0.933. The normalized spacial score (nSPS) is 35.2. The lowest BCUT2D eigenvalue weighted by Gasteiger charge is -2.47. The van der Waals surface area contributed by atoms with E-state index in [2.05, 4.69) is 36.2 Å². The van der Waals surface area contributed by atoms with Gasteiger partial charge in [0.15, 0.2) is 18.9 Å². The van der Waals surface area contributed by atoms with Gasteiger partial charge in [0.05, 0.1) is 35.4 Å². The predicted molar refractivity (Wildman–Crippen MR) is 268 cm³/mol. The standard InChI is InChI=1S/C44H75N15O14S2/c45-7-1-2-8-52-9-3-10-54-40(67)22-17-75-41(56-22)23-18-74-28(55-23)6-11-53-27(60)5-4-19-15-59(58-57-19)16-26-38(72-43-30(51)35(65)33(63)25(14-47)69-43)36(66)44(70-26)73-39-31(61)20(48)12-21(49)37(39)71-42-29(50)34(64)32(62)24(13-46)68-42/h15,17-18,20-21,24-26,29-39,42-44,52,61-66H,1-14,16,45-51H2,(H,53,60)(H,54,67). The molecule has 0 spiro atoms. The number of aliphatic hydroxyl groups is 6. The fourth-order valence-corrected chi connectivity index (χ4v) is 10.8. The Morgan fingerprint density at radius 2 is 1.33 bits per heavy atom. The van der Waals surface area contributed by atoms with Gasteiger partial charge in [-0.05, 0) is 45.3 Å². The number of nitrogens with two attached hydrogens (primary N) is 7. The number of ether oxygens (including phenoxy) is 6. The quantitative estimate of drug-likeness (QED) is 0.0332. The molecule has 23 N–H and O–H groups in total. The monoisotopic (exact) mass is 1100 g/mol. The highest BCUT2D eigenvalue weighted by Crippen LogP contribution is 2.35. The van der Waals surface area contributed by atoms with Crippen molar-refractivity contribution in [3.05, 3.63) is 33.4 Å². The number of carbonyl (C=O) groups is 2. The molecule has 7 rings (SSSR count). The number of aromatic nitrogens is 5. The first kappa shape index (κ1) is 59.2. The maximum absolute atomic E-state index is 12.9. The summed E-state index contributed by atoms with van der Waals surface area (Å²) in [7, 11) is 0. The molecule has 0 bridgehead atoms. The third-order valence-corrected chi connectivity index (χ3v) is 15.3. The molecule has 19 atom stereocenters. The summed E-state index contributed by atoms with van der Waals surface area (Å²) in [6, 6.07) is -4.42. The number of nitrogens with zero attached hydrogens (tertiary/aromatic N) is 5. The van der Waals surface area contributed by atoms with E-state index in [9.17, 15) is 40.2 Å². The number of hydrogen-bond acceptors (Lipinski definition) is 28. The van der Waals surface area contributed by atoms with Crippen molar-refractivity contribution >= 4 is 34.5 Å². The van der Waals surface area contributed by atoms with Crippen molar-refractivity contribution in [2.24, 2.45) is 40.1 Å². The minimum atomic E-state index is -1.67. The fourth-order valence-electron chi connectivity index (χ4n) is 9.15. The van der Waals surface area contributed by atoms with Crippen LogP contribution in [0.4, 0.5) is 0 Å². The molecule has 29 nitrogen and oxygen atoms in total. The number of carbonyl (C=O) groups excluding carboxylic acids is 2. The van der Waals surface area contributed by atoms with Crippen LogP contribution < -0.4 is 56.1 Å². The van der Waals surface area contributed by atoms with Crippen LogP contribution in [0.5, 0.6) is 0 Å². The van der Waals surface area contributed by atoms with E-state index in [0.29, 0.717) is 48.1 Å². The Labute approximate surface area is 440 Å². The average Bonchev–Trinajstić information content (AvgIpc) is 4.23. The molecule has 0 aromatic carbocycles. The van der Waals surface area contributed by atoms with E-state index in [1.807, 2.05) is 5.38 Å². The second kappa shape index (κ2) is 27.9. The highest BCUT2D eigenvalue weighted by molar-refractivity contribution is 7.14. The minimum Gasteiger partial charge on any atom is -0.389 e. The lowest BCUT2D eigenvalue weighted by atomic mass is 9.84. The molecule has 3 saturated heterocycles. The molecule has 2 amide bonds. The van der Waals surface area contributed by atoms with Gasteiger partial charge in [-0.3, -0.25) is 9.59 Å². The first-order chi connectivity index (χ1) is 36.0. The zero-order valence-electron chi connectivity index (χ0n) is 41.4. The summed E-state index contributed by atoms with van der Waals surface area (Å²) in [6.07, 6.45) is -15.4. The van der Waals surface area contributed by atoms with Gasteiger partial charge in [0.2, 0.25) is 5.91 Å². The van der Waals surface area contributed by atoms with Crippen LogP contribution in [0.1, 0.15) is 53.3 Å². The molecule has 3 aromatic heterocycles. The van der Waals surface area contributed by atoms with Crippen molar-refractivity contribution < 1.29 is 68.6 Å². The number of thiazole rings is 2. The summed E-state index contributed by atoms with van der Waals surface area (Å²) in [5.74, 6) is -0.481. The van der Waals surface area contributed by atoms with Gasteiger partial charge in [0, 0.05) is 74.5 Å². The van der Waals surface area contributed by atoms with Crippen molar-refractivity contribution in [3.8, 4) is 10.7 Å².